The van der Waals surface area contributed by atoms with Gasteiger partial charge in [-0.15, -0.1) is 0 Å². The summed E-state index contributed by atoms with van der Waals surface area (Å²) in [6.07, 6.45) is 3.06. The van der Waals surface area contributed by atoms with Crippen molar-refractivity contribution in [2.45, 2.75) is 20.5 Å². The van der Waals surface area contributed by atoms with Crippen LogP contribution in [0.2, 0.25) is 0 Å². The molecule has 3 aromatic heterocycles. The molecule has 9 heteroatoms. The van der Waals surface area contributed by atoms with E-state index < -0.39 is 5.97 Å². The smallest absolute Gasteiger partial charge is 0.342 e. The molecule has 0 fully saturated rings. The van der Waals surface area contributed by atoms with Crippen LogP contribution in [0.5, 0.6) is 0 Å². The first-order valence-corrected chi connectivity index (χ1v) is 8.75. The Morgan fingerprint density at radius 3 is 2.86 bits per heavy atom. The summed E-state index contributed by atoms with van der Waals surface area (Å²) in [5.41, 5.74) is 1.89. The van der Waals surface area contributed by atoms with Crippen molar-refractivity contribution in [1.29, 1.82) is 0 Å². The van der Waals surface area contributed by atoms with Crippen molar-refractivity contribution < 1.29 is 18.4 Å². The second kappa shape index (κ2) is 7.63. The van der Waals surface area contributed by atoms with Crippen molar-refractivity contribution >= 4 is 5.97 Å². The molecule has 0 spiro atoms. The first kappa shape index (κ1) is 18.5. The minimum Gasteiger partial charge on any atom is -0.452 e. The number of rotatable bonds is 5. The van der Waals surface area contributed by atoms with Crippen LogP contribution in [0.4, 0.5) is 4.39 Å². The van der Waals surface area contributed by atoms with Crippen LogP contribution >= 0.6 is 0 Å². The molecule has 0 radical (unpaired) electrons. The molecular formula is C20H16FN5O3. The van der Waals surface area contributed by atoms with Gasteiger partial charge in [0.2, 0.25) is 5.82 Å². The van der Waals surface area contributed by atoms with Crippen LogP contribution in [0.15, 0.2) is 53.3 Å². The second-order valence-electron chi connectivity index (χ2n) is 6.30. The molecule has 4 rings (SSSR count). The molecule has 4 aromatic rings. The molecule has 0 amide bonds. The van der Waals surface area contributed by atoms with Crippen molar-refractivity contribution in [3.8, 4) is 17.2 Å². The van der Waals surface area contributed by atoms with E-state index in [1.54, 1.807) is 49.0 Å². The Morgan fingerprint density at radius 1 is 1.24 bits per heavy atom. The van der Waals surface area contributed by atoms with E-state index in [1.807, 2.05) is 6.07 Å². The molecule has 8 nitrogen and oxygen atoms in total. The molecule has 0 unspecified atom stereocenters. The lowest BCUT2D eigenvalue weighted by atomic mass is 10.1. The van der Waals surface area contributed by atoms with Crippen molar-refractivity contribution in [1.82, 2.24) is 24.9 Å². The zero-order chi connectivity index (χ0) is 20.4. The SMILES string of the molecule is Cc1ccc(-c2noc(COC(=O)c3cnn(-c4ccccn4)c3C)n2)cc1F. The number of pyridine rings is 1. The molecule has 146 valence electrons. The monoisotopic (exact) mass is 393 g/mol. The highest BCUT2D eigenvalue weighted by molar-refractivity contribution is 5.90. The fourth-order valence-electron chi connectivity index (χ4n) is 2.69. The summed E-state index contributed by atoms with van der Waals surface area (Å²) >= 11 is 0. The molecule has 0 bridgehead atoms. The van der Waals surface area contributed by atoms with Gasteiger partial charge >= 0.3 is 5.97 Å². The lowest BCUT2D eigenvalue weighted by Crippen LogP contribution is -2.08. The molecule has 0 aliphatic heterocycles. The van der Waals surface area contributed by atoms with Gasteiger partial charge in [-0.1, -0.05) is 23.4 Å². The fraction of sp³-hybridized carbons (Fsp3) is 0.150. The lowest BCUT2D eigenvalue weighted by molar-refractivity contribution is 0.0429. The molecule has 3 heterocycles. The zero-order valence-corrected chi connectivity index (χ0v) is 15.7. The number of halogens is 1. The summed E-state index contributed by atoms with van der Waals surface area (Å²) in [5.74, 6) is -0.0272. The number of esters is 1. The minimum absolute atomic E-state index is 0.101. The van der Waals surface area contributed by atoms with Crippen LogP contribution in [0.25, 0.3) is 17.2 Å². The summed E-state index contributed by atoms with van der Waals surface area (Å²) in [4.78, 5) is 20.8. The van der Waals surface area contributed by atoms with E-state index in [0.29, 0.717) is 28.2 Å². The van der Waals surface area contributed by atoms with E-state index in [4.69, 9.17) is 9.26 Å². The number of ether oxygens (including phenoxy) is 1. The number of benzene rings is 1. The molecule has 0 saturated heterocycles. The maximum Gasteiger partial charge on any atom is 0.342 e. The highest BCUT2D eigenvalue weighted by Crippen LogP contribution is 2.20. The largest absolute Gasteiger partial charge is 0.452 e. The summed E-state index contributed by atoms with van der Waals surface area (Å²) < 4.78 is 25.6. The van der Waals surface area contributed by atoms with Crippen molar-refractivity contribution in [2.75, 3.05) is 0 Å². The third kappa shape index (κ3) is 3.75. The van der Waals surface area contributed by atoms with E-state index in [-0.39, 0.29) is 24.1 Å². The third-order valence-corrected chi connectivity index (χ3v) is 4.32. The van der Waals surface area contributed by atoms with Gasteiger partial charge in [0.1, 0.15) is 11.4 Å². The number of nitrogens with zero attached hydrogens (tertiary/aromatic N) is 5. The Morgan fingerprint density at radius 2 is 2.10 bits per heavy atom. The second-order valence-corrected chi connectivity index (χ2v) is 6.30. The predicted molar refractivity (Wildman–Crippen MR) is 99.6 cm³/mol. The van der Waals surface area contributed by atoms with E-state index in [2.05, 4.69) is 20.2 Å². The normalized spacial score (nSPS) is 10.9. The van der Waals surface area contributed by atoms with Crippen LogP contribution in [-0.4, -0.2) is 30.9 Å². The maximum absolute atomic E-state index is 13.7. The summed E-state index contributed by atoms with van der Waals surface area (Å²) in [6.45, 7) is 3.20. The fourth-order valence-corrected chi connectivity index (χ4v) is 2.69. The van der Waals surface area contributed by atoms with Crippen LogP contribution in [0, 0.1) is 19.7 Å². The van der Waals surface area contributed by atoms with Crippen LogP contribution in [0.3, 0.4) is 0 Å². The van der Waals surface area contributed by atoms with Gasteiger partial charge in [0.15, 0.2) is 12.4 Å². The van der Waals surface area contributed by atoms with Crippen LogP contribution in [0.1, 0.15) is 27.5 Å². The Balaban J connectivity index is 1.45. The van der Waals surface area contributed by atoms with Gasteiger partial charge in [0.05, 0.1) is 11.9 Å². The number of carbonyl (C=O) groups excluding carboxylic acids is 1. The van der Waals surface area contributed by atoms with Crippen LogP contribution < -0.4 is 0 Å². The number of hydrogen-bond acceptors (Lipinski definition) is 7. The molecule has 1 aromatic carbocycles. The highest BCUT2D eigenvalue weighted by Gasteiger charge is 2.18. The third-order valence-electron chi connectivity index (χ3n) is 4.32. The Bertz CT molecular complexity index is 1170. The molecule has 0 N–H and O–H groups in total. The van der Waals surface area contributed by atoms with Gasteiger partial charge in [-0.25, -0.2) is 18.9 Å². The van der Waals surface area contributed by atoms with Gasteiger partial charge in [-0.2, -0.15) is 10.1 Å². The Kier molecular flexibility index (Phi) is 4.86. The number of aromatic nitrogens is 5. The summed E-state index contributed by atoms with van der Waals surface area (Å²) in [5, 5.41) is 7.99. The van der Waals surface area contributed by atoms with Gasteiger partial charge in [0.25, 0.3) is 5.89 Å². The highest BCUT2D eigenvalue weighted by atomic mass is 19.1. The number of aryl methyl sites for hydroxylation is 1. The topological polar surface area (TPSA) is 95.9 Å². The maximum atomic E-state index is 13.7. The number of hydrogen-bond donors (Lipinski definition) is 0. The average Bonchev–Trinajstić information content (AvgIpc) is 3.36. The Labute approximate surface area is 165 Å². The van der Waals surface area contributed by atoms with Gasteiger partial charge in [-0.3, -0.25) is 0 Å². The Hall–Kier alpha value is -3.88. The quantitative estimate of drug-likeness (QED) is 0.479. The van der Waals surface area contributed by atoms with E-state index >= 15 is 0 Å². The summed E-state index contributed by atoms with van der Waals surface area (Å²) in [7, 11) is 0. The van der Waals surface area contributed by atoms with Crippen LogP contribution in [-0.2, 0) is 11.3 Å². The first-order valence-electron chi connectivity index (χ1n) is 8.75. The zero-order valence-electron chi connectivity index (χ0n) is 15.7. The standard InChI is InChI=1S/C20H16FN5O3/c1-12-6-7-14(9-16(12)21)19-24-18(29-25-19)11-28-20(27)15-10-23-26(13(15)2)17-5-3-4-8-22-17/h3-10H,11H2,1-2H3. The van der Waals surface area contributed by atoms with Crippen molar-refractivity contribution in [3.63, 3.8) is 0 Å². The molecule has 29 heavy (non-hydrogen) atoms. The van der Waals surface area contributed by atoms with E-state index in [9.17, 15) is 9.18 Å². The van der Waals surface area contributed by atoms with Crippen molar-refractivity contribution in [2.24, 2.45) is 0 Å². The average molecular weight is 393 g/mol. The van der Waals surface area contributed by atoms with Gasteiger partial charge < -0.3 is 9.26 Å². The number of carbonyl (C=O) groups is 1. The van der Waals surface area contributed by atoms with Crippen molar-refractivity contribution in [3.05, 3.63) is 77.3 Å². The molecule has 0 aliphatic carbocycles. The first-order chi connectivity index (χ1) is 14.0. The van der Waals surface area contributed by atoms with Gasteiger partial charge in [-0.05, 0) is 37.6 Å². The van der Waals surface area contributed by atoms with Gasteiger partial charge in [0, 0.05) is 11.8 Å². The molecule has 0 aliphatic rings. The van der Waals surface area contributed by atoms with E-state index in [1.165, 1.54) is 12.3 Å². The molecule has 0 saturated carbocycles. The molecular weight excluding hydrogens is 377 g/mol. The van der Waals surface area contributed by atoms with E-state index in [0.717, 1.165) is 0 Å². The lowest BCUT2D eigenvalue weighted by Gasteiger charge is -2.04. The molecule has 0 atom stereocenters. The minimum atomic E-state index is -0.578. The summed E-state index contributed by atoms with van der Waals surface area (Å²) in [6, 6.07) is 10.0. The predicted octanol–water partition coefficient (Wildman–Crippen LogP) is 3.43.